The van der Waals surface area contributed by atoms with Gasteiger partial charge in [0.05, 0.1) is 0 Å². The molecule has 2 rings (SSSR count). The molecule has 2 N–H and O–H groups in total. The smallest absolute Gasteiger partial charge is 0.171 e. The minimum atomic E-state index is 0.168. The lowest BCUT2D eigenvalue weighted by atomic mass is 9.83. The third kappa shape index (κ3) is 3.93. The Morgan fingerprint density at radius 1 is 1.16 bits per heavy atom. The van der Waals surface area contributed by atoms with Crippen molar-refractivity contribution in [1.82, 2.24) is 5.32 Å². The first-order valence-corrected chi connectivity index (χ1v) is 7.56. The summed E-state index contributed by atoms with van der Waals surface area (Å²) in [6, 6.07) is 6.38. The van der Waals surface area contributed by atoms with Gasteiger partial charge in [0.15, 0.2) is 5.11 Å². The fourth-order valence-electron chi connectivity index (χ4n) is 2.84. The van der Waals surface area contributed by atoms with Crippen LogP contribution in [0.1, 0.15) is 50.2 Å². The van der Waals surface area contributed by atoms with Gasteiger partial charge in [0.25, 0.3) is 0 Å². The molecule has 2 nitrogen and oxygen atoms in total. The van der Waals surface area contributed by atoms with Gasteiger partial charge in [0.2, 0.25) is 0 Å². The molecular formula is C16H24N2S. The molecule has 1 saturated carbocycles. The van der Waals surface area contributed by atoms with Crippen LogP contribution in [0.2, 0.25) is 0 Å². The number of rotatable bonds is 2. The Morgan fingerprint density at radius 3 is 2.47 bits per heavy atom. The van der Waals surface area contributed by atoms with Crippen LogP contribution in [-0.4, -0.2) is 10.7 Å². The summed E-state index contributed by atoms with van der Waals surface area (Å²) in [7, 11) is 0. The predicted octanol–water partition coefficient (Wildman–Crippen LogP) is 4.31. The Balaban J connectivity index is 1.97. The van der Waals surface area contributed by atoms with E-state index in [1.165, 1.54) is 43.2 Å². The molecule has 1 aliphatic carbocycles. The molecule has 1 fully saturated rings. The van der Waals surface area contributed by atoms with Gasteiger partial charge < -0.3 is 10.6 Å². The molecule has 3 heteroatoms. The average Bonchev–Trinajstić information content (AvgIpc) is 2.33. The minimum absolute atomic E-state index is 0.168. The van der Waals surface area contributed by atoms with Crippen LogP contribution in [0, 0.1) is 13.8 Å². The molecule has 19 heavy (non-hydrogen) atoms. The molecule has 0 amide bonds. The molecule has 1 aromatic rings. The minimum Gasteiger partial charge on any atom is -0.357 e. The molecule has 0 aliphatic heterocycles. The number of anilines is 1. The highest BCUT2D eigenvalue weighted by Gasteiger charge is 2.27. The van der Waals surface area contributed by atoms with Crippen LogP contribution >= 0.6 is 12.2 Å². The molecule has 0 bridgehead atoms. The van der Waals surface area contributed by atoms with E-state index in [0.717, 1.165) is 10.8 Å². The highest BCUT2D eigenvalue weighted by atomic mass is 32.1. The maximum atomic E-state index is 5.46. The van der Waals surface area contributed by atoms with Crippen LogP contribution in [-0.2, 0) is 0 Å². The van der Waals surface area contributed by atoms with Crippen molar-refractivity contribution in [3.63, 3.8) is 0 Å². The number of thiocarbonyl (C=S) groups is 1. The van der Waals surface area contributed by atoms with E-state index in [4.69, 9.17) is 12.2 Å². The van der Waals surface area contributed by atoms with Gasteiger partial charge in [0, 0.05) is 11.2 Å². The number of aryl methyl sites for hydroxylation is 2. The molecule has 0 atom stereocenters. The molecular weight excluding hydrogens is 252 g/mol. The summed E-state index contributed by atoms with van der Waals surface area (Å²) in [6.07, 6.45) is 6.38. The highest BCUT2D eigenvalue weighted by molar-refractivity contribution is 7.80. The van der Waals surface area contributed by atoms with Gasteiger partial charge in [-0.2, -0.15) is 0 Å². The summed E-state index contributed by atoms with van der Waals surface area (Å²) in [6.45, 7) is 6.50. The first-order valence-electron chi connectivity index (χ1n) is 7.15. The lowest BCUT2D eigenvalue weighted by molar-refractivity contribution is 0.292. The maximum Gasteiger partial charge on any atom is 0.171 e. The lowest BCUT2D eigenvalue weighted by Crippen LogP contribution is -2.48. The standard InChI is InChI=1S/C16H24N2S/c1-12-7-8-14(13(2)11-12)17-15(19)18-16(3)9-5-4-6-10-16/h7-8,11H,4-6,9-10H2,1-3H3,(H2,17,18,19). The summed E-state index contributed by atoms with van der Waals surface area (Å²) in [5, 5.41) is 7.58. The highest BCUT2D eigenvalue weighted by Crippen LogP contribution is 2.27. The summed E-state index contributed by atoms with van der Waals surface area (Å²) >= 11 is 5.46. The van der Waals surface area contributed by atoms with Crippen molar-refractivity contribution in [3.8, 4) is 0 Å². The van der Waals surface area contributed by atoms with Crippen LogP contribution in [0.15, 0.2) is 18.2 Å². The van der Waals surface area contributed by atoms with Crippen LogP contribution in [0.25, 0.3) is 0 Å². The van der Waals surface area contributed by atoms with Gasteiger partial charge in [-0.05, 0) is 57.5 Å². The zero-order chi connectivity index (χ0) is 13.9. The quantitative estimate of drug-likeness (QED) is 0.787. The topological polar surface area (TPSA) is 24.1 Å². The summed E-state index contributed by atoms with van der Waals surface area (Å²) in [4.78, 5) is 0. The monoisotopic (exact) mass is 276 g/mol. The molecule has 0 heterocycles. The van der Waals surface area contributed by atoms with Gasteiger partial charge in [0.1, 0.15) is 0 Å². The molecule has 0 spiro atoms. The summed E-state index contributed by atoms with van der Waals surface area (Å²) in [5.41, 5.74) is 3.78. The molecule has 1 aromatic carbocycles. The second-order valence-electron chi connectivity index (χ2n) is 6.02. The Hall–Kier alpha value is -1.09. The molecule has 1 aliphatic rings. The Labute approximate surface area is 122 Å². The van der Waals surface area contributed by atoms with Crippen molar-refractivity contribution >= 4 is 23.0 Å². The van der Waals surface area contributed by atoms with Crippen LogP contribution < -0.4 is 10.6 Å². The van der Waals surface area contributed by atoms with Gasteiger partial charge in [-0.3, -0.25) is 0 Å². The van der Waals surface area contributed by atoms with Crippen molar-refractivity contribution in [2.45, 2.75) is 58.4 Å². The molecule has 0 unspecified atom stereocenters. The first-order chi connectivity index (χ1) is 8.98. The molecule has 0 aromatic heterocycles. The first kappa shape index (κ1) is 14.3. The summed E-state index contributed by atoms with van der Waals surface area (Å²) < 4.78 is 0. The van der Waals surface area contributed by atoms with Gasteiger partial charge in [-0.1, -0.05) is 37.0 Å². The Kier molecular flexibility index (Phi) is 4.46. The van der Waals surface area contributed by atoms with E-state index in [1.807, 2.05) is 0 Å². The van der Waals surface area contributed by atoms with Crippen LogP contribution in [0.5, 0.6) is 0 Å². The normalized spacial score (nSPS) is 17.8. The lowest BCUT2D eigenvalue weighted by Gasteiger charge is -2.35. The van der Waals surface area contributed by atoms with Crippen molar-refractivity contribution in [2.24, 2.45) is 0 Å². The van der Waals surface area contributed by atoms with E-state index >= 15 is 0 Å². The summed E-state index contributed by atoms with van der Waals surface area (Å²) in [5.74, 6) is 0. The number of hydrogen-bond donors (Lipinski definition) is 2. The third-order valence-electron chi connectivity index (χ3n) is 4.00. The van der Waals surface area contributed by atoms with Crippen LogP contribution in [0.4, 0.5) is 5.69 Å². The molecule has 104 valence electrons. The average molecular weight is 276 g/mol. The fourth-order valence-corrected chi connectivity index (χ4v) is 3.19. The van der Waals surface area contributed by atoms with E-state index in [-0.39, 0.29) is 5.54 Å². The number of benzene rings is 1. The Bertz CT molecular complexity index is 462. The van der Waals surface area contributed by atoms with Crippen molar-refractivity contribution in [3.05, 3.63) is 29.3 Å². The van der Waals surface area contributed by atoms with Crippen molar-refractivity contribution < 1.29 is 0 Å². The molecule has 0 saturated heterocycles. The van der Waals surface area contributed by atoms with Gasteiger partial charge >= 0.3 is 0 Å². The van der Waals surface area contributed by atoms with E-state index in [1.54, 1.807) is 0 Å². The Morgan fingerprint density at radius 2 is 1.84 bits per heavy atom. The van der Waals surface area contributed by atoms with Gasteiger partial charge in [-0.25, -0.2) is 0 Å². The van der Waals surface area contributed by atoms with Crippen molar-refractivity contribution in [2.75, 3.05) is 5.32 Å². The SMILES string of the molecule is Cc1ccc(NC(=S)NC2(C)CCCCC2)c(C)c1. The number of hydrogen-bond acceptors (Lipinski definition) is 1. The molecule has 0 radical (unpaired) electrons. The van der Waals surface area contributed by atoms with E-state index in [2.05, 4.69) is 49.6 Å². The van der Waals surface area contributed by atoms with E-state index in [0.29, 0.717) is 0 Å². The second kappa shape index (κ2) is 5.91. The fraction of sp³-hybridized carbons (Fsp3) is 0.562. The largest absolute Gasteiger partial charge is 0.357 e. The predicted molar refractivity (Wildman–Crippen MR) is 86.8 cm³/mol. The van der Waals surface area contributed by atoms with E-state index in [9.17, 15) is 0 Å². The third-order valence-corrected chi connectivity index (χ3v) is 4.21. The van der Waals surface area contributed by atoms with E-state index < -0.39 is 0 Å². The van der Waals surface area contributed by atoms with Crippen LogP contribution in [0.3, 0.4) is 0 Å². The second-order valence-corrected chi connectivity index (χ2v) is 6.43. The van der Waals surface area contributed by atoms with Gasteiger partial charge in [-0.15, -0.1) is 0 Å². The number of nitrogens with one attached hydrogen (secondary N) is 2. The van der Waals surface area contributed by atoms with Crippen molar-refractivity contribution in [1.29, 1.82) is 0 Å². The maximum absolute atomic E-state index is 5.46. The zero-order valence-corrected chi connectivity index (χ0v) is 13.0. The zero-order valence-electron chi connectivity index (χ0n) is 12.2.